The first kappa shape index (κ1) is 14.3. The van der Waals surface area contributed by atoms with E-state index in [9.17, 15) is 8.42 Å². The van der Waals surface area contributed by atoms with Crippen molar-refractivity contribution in [1.29, 1.82) is 0 Å². The number of benzene rings is 1. The largest absolute Gasteiger partial charge is 0.489 e. The van der Waals surface area contributed by atoms with Gasteiger partial charge in [-0.1, -0.05) is 12.1 Å². The van der Waals surface area contributed by atoms with Crippen molar-refractivity contribution in [1.82, 2.24) is 4.72 Å². The van der Waals surface area contributed by atoms with E-state index in [-0.39, 0.29) is 17.0 Å². The van der Waals surface area contributed by atoms with Crippen LogP contribution in [-0.2, 0) is 10.0 Å². The van der Waals surface area contributed by atoms with Crippen molar-refractivity contribution in [2.45, 2.75) is 42.7 Å². The lowest BCUT2D eigenvalue weighted by Gasteiger charge is -2.27. The van der Waals surface area contributed by atoms with Gasteiger partial charge in [0.1, 0.15) is 16.7 Å². The van der Waals surface area contributed by atoms with Gasteiger partial charge in [0.25, 0.3) is 0 Å². The van der Waals surface area contributed by atoms with Gasteiger partial charge in [0.15, 0.2) is 0 Å². The third-order valence-electron chi connectivity index (χ3n) is 3.37. The van der Waals surface area contributed by atoms with Gasteiger partial charge in [-0.05, 0) is 44.9 Å². The molecule has 0 aliphatic heterocycles. The van der Waals surface area contributed by atoms with Crippen LogP contribution in [0.1, 0.15) is 25.7 Å². The molecule has 2 unspecified atom stereocenters. The average molecular weight is 284 g/mol. The average Bonchev–Trinajstić information content (AvgIpc) is 2.39. The molecule has 106 valence electrons. The fourth-order valence-corrected chi connectivity index (χ4v) is 3.21. The Bertz CT molecular complexity index is 530. The van der Waals surface area contributed by atoms with Crippen LogP contribution in [0.5, 0.6) is 5.75 Å². The predicted molar refractivity (Wildman–Crippen MR) is 73.5 cm³/mol. The molecule has 1 aliphatic carbocycles. The Labute approximate surface area is 114 Å². The van der Waals surface area contributed by atoms with Gasteiger partial charge >= 0.3 is 0 Å². The zero-order chi connectivity index (χ0) is 13.9. The third-order valence-corrected chi connectivity index (χ3v) is 4.82. The van der Waals surface area contributed by atoms with Crippen molar-refractivity contribution in [3.8, 4) is 5.75 Å². The van der Waals surface area contributed by atoms with Crippen LogP contribution in [0.2, 0.25) is 0 Å². The first-order valence-electron chi connectivity index (χ1n) is 6.48. The molecule has 1 aromatic rings. The Morgan fingerprint density at radius 2 is 2.05 bits per heavy atom. The van der Waals surface area contributed by atoms with Gasteiger partial charge in [-0.3, -0.25) is 0 Å². The summed E-state index contributed by atoms with van der Waals surface area (Å²) in [6.45, 7) is 0. The molecular formula is C13H20N2O3S. The number of para-hydroxylation sites is 1. The number of nitrogens with two attached hydrogens (primary N) is 1. The highest BCUT2D eigenvalue weighted by Gasteiger charge is 2.24. The molecule has 0 saturated heterocycles. The number of hydrogen-bond acceptors (Lipinski definition) is 4. The van der Waals surface area contributed by atoms with Crippen molar-refractivity contribution < 1.29 is 13.2 Å². The van der Waals surface area contributed by atoms with Crippen LogP contribution in [0.25, 0.3) is 0 Å². The SMILES string of the molecule is CNS(=O)(=O)c1ccccc1OC1CCCC(N)C1. The summed E-state index contributed by atoms with van der Waals surface area (Å²) < 4.78 is 32.0. The molecule has 0 amide bonds. The lowest BCUT2D eigenvalue weighted by molar-refractivity contribution is 0.140. The number of sulfonamides is 1. The van der Waals surface area contributed by atoms with Gasteiger partial charge in [0.2, 0.25) is 10.0 Å². The quantitative estimate of drug-likeness (QED) is 0.871. The molecule has 0 radical (unpaired) electrons. The van der Waals surface area contributed by atoms with Gasteiger partial charge < -0.3 is 10.5 Å². The van der Waals surface area contributed by atoms with Crippen molar-refractivity contribution in [3.05, 3.63) is 24.3 Å². The second-order valence-electron chi connectivity index (χ2n) is 4.82. The lowest BCUT2D eigenvalue weighted by Crippen LogP contribution is -2.34. The smallest absolute Gasteiger partial charge is 0.243 e. The van der Waals surface area contributed by atoms with Crippen LogP contribution < -0.4 is 15.2 Å². The fraction of sp³-hybridized carbons (Fsp3) is 0.538. The van der Waals surface area contributed by atoms with Gasteiger partial charge in [-0.25, -0.2) is 13.1 Å². The molecule has 0 bridgehead atoms. The van der Waals surface area contributed by atoms with Crippen molar-refractivity contribution >= 4 is 10.0 Å². The molecule has 1 aromatic carbocycles. The van der Waals surface area contributed by atoms with E-state index in [1.54, 1.807) is 24.3 Å². The summed E-state index contributed by atoms with van der Waals surface area (Å²) in [5, 5.41) is 0. The second-order valence-corrected chi connectivity index (χ2v) is 6.68. The van der Waals surface area contributed by atoms with E-state index in [1.165, 1.54) is 7.05 Å². The van der Waals surface area contributed by atoms with Crippen LogP contribution >= 0.6 is 0 Å². The summed E-state index contributed by atoms with van der Waals surface area (Å²) in [5.41, 5.74) is 5.92. The topological polar surface area (TPSA) is 81.4 Å². The van der Waals surface area contributed by atoms with Crippen LogP contribution in [-0.4, -0.2) is 27.6 Å². The zero-order valence-electron chi connectivity index (χ0n) is 11.0. The minimum atomic E-state index is -3.50. The minimum Gasteiger partial charge on any atom is -0.489 e. The fourth-order valence-electron chi connectivity index (χ4n) is 2.35. The van der Waals surface area contributed by atoms with Crippen molar-refractivity contribution in [2.75, 3.05) is 7.05 Å². The van der Waals surface area contributed by atoms with E-state index in [1.807, 2.05) is 0 Å². The molecule has 0 spiro atoms. The van der Waals surface area contributed by atoms with Crippen molar-refractivity contribution in [2.24, 2.45) is 5.73 Å². The highest BCUT2D eigenvalue weighted by Crippen LogP contribution is 2.28. The number of hydrogen-bond donors (Lipinski definition) is 2. The van der Waals surface area contributed by atoms with E-state index >= 15 is 0 Å². The first-order chi connectivity index (χ1) is 9.03. The summed E-state index contributed by atoms with van der Waals surface area (Å²) in [4.78, 5) is 0.177. The Morgan fingerprint density at radius 1 is 1.32 bits per heavy atom. The van der Waals surface area contributed by atoms with Crippen LogP contribution in [0, 0.1) is 0 Å². The minimum absolute atomic E-state index is 0.00282. The normalized spacial score (nSPS) is 24.1. The van der Waals surface area contributed by atoms with E-state index in [4.69, 9.17) is 10.5 Å². The van der Waals surface area contributed by atoms with Gasteiger partial charge in [-0.2, -0.15) is 0 Å². The summed E-state index contributed by atoms with van der Waals surface area (Å²) in [7, 11) is -2.11. The van der Waals surface area contributed by atoms with E-state index in [2.05, 4.69) is 4.72 Å². The van der Waals surface area contributed by atoms with Crippen LogP contribution in [0.3, 0.4) is 0 Å². The molecule has 6 heteroatoms. The molecule has 1 fully saturated rings. The highest BCUT2D eigenvalue weighted by molar-refractivity contribution is 7.89. The van der Waals surface area contributed by atoms with Crippen molar-refractivity contribution in [3.63, 3.8) is 0 Å². The molecule has 0 heterocycles. The maximum absolute atomic E-state index is 11.9. The summed E-state index contributed by atoms with van der Waals surface area (Å²) >= 11 is 0. The highest BCUT2D eigenvalue weighted by atomic mass is 32.2. The van der Waals surface area contributed by atoms with Gasteiger partial charge in [0.05, 0.1) is 0 Å². The predicted octanol–water partition coefficient (Wildman–Crippen LogP) is 1.24. The molecule has 19 heavy (non-hydrogen) atoms. The van der Waals surface area contributed by atoms with Gasteiger partial charge in [-0.15, -0.1) is 0 Å². The zero-order valence-corrected chi connectivity index (χ0v) is 11.8. The Morgan fingerprint density at radius 3 is 2.74 bits per heavy atom. The second kappa shape index (κ2) is 5.90. The first-order valence-corrected chi connectivity index (χ1v) is 7.96. The maximum atomic E-state index is 11.9. The Kier molecular flexibility index (Phi) is 4.44. The Balaban J connectivity index is 2.21. The molecule has 2 atom stereocenters. The van der Waals surface area contributed by atoms with E-state index in [0.717, 1.165) is 25.7 Å². The van der Waals surface area contributed by atoms with Crippen LogP contribution in [0.15, 0.2) is 29.2 Å². The lowest BCUT2D eigenvalue weighted by atomic mass is 9.93. The summed E-state index contributed by atoms with van der Waals surface area (Å²) in [6.07, 6.45) is 3.72. The van der Waals surface area contributed by atoms with Gasteiger partial charge in [0, 0.05) is 6.04 Å². The molecule has 5 nitrogen and oxygen atoms in total. The molecule has 1 saturated carbocycles. The maximum Gasteiger partial charge on any atom is 0.243 e. The monoisotopic (exact) mass is 284 g/mol. The molecule has 0 aromatic heterocycles. The standard InChI is InChI=1S/C13H20N2O3S/c1-15-19(16,17)13-8-3-2-7-12(13)18-11-6-4-5-10(14)9-11/h2-3,7-8,10-11,15H,4-6,9,14H2,1H3. The molecule has 1 aliphatic rings. The van der Waals surface area contributed by atoms with Crippen LogP contribution in [0.4, 0.5) is 0 Å². The number of nitrogens with one attached hydrogen (secondary N) is 1. The number of rotatable bonds is 4. The third kappa shape index (κ3) is 3.46. The molecule has 3 N–H and O–H groups in total. The van der Waals surface area contributed by atoms with E-state index in [0.29, 0.717) is 5.75 Å². The molecule has 2 rings (SSSR count). The summed E-state index contributed by atoms with van der Waals surface area (Å²) in [6, 6.07) is 6.83. The number of ether oxygens (including phenoxy) is 1. The Hall–Kier alpha value is -1.11. The summed E-state index contributed by atoms with van der Waals surface area (Å²) in [5.74, 6) is 0.399. The van der Waals surface area contributed by atoms with E-state index < -0.39 is 10.0 Å². The molecular weight excluding hydrogens is 264 g/mol.